The first-order valence-corrected chi connectivity index (χ1v) is 9.72. The highest BCUT2D eigenvalue weighted by atomic mass is 32.2. The molecule has 0 radical (unpaired) electrons. The Balaban J connectivity index is 2.29. The molecule has 2 aromatic carbocycles. The first kappa shape index (κ1) is 21.7. The predicted molar refractivity (Wildman–Crippen MR) is 97.0 cm³/mol. The van der Waals surface area contributed by atoms with Crippen molar-refractivity contribution < 1.29 is 31.1 Å². The van der Waals surface area contributed by atoms with Gasteiger partial charge in [-0.2, -0.15) is 4.31 Å². The summed E-state index contributed by atoms with van der Waals surface area (Å²) in [4.78, 5) is 11.3. The highest BCUT2D eigenvalue weighted by Crippen LogP contribution is 2.25. The van der Waals surface area contributed by atoms with E-state index in [0.717, 1.165) is 0 Å². The number of halogens is 3. The normalized spacial score (nSPS) is 11.5. The van der Waals surface area contributed by atoms with E-state index in [0.29, 0.717) is 22.2 Å². The maximum Gasteiger partial charge on any atom is 0.246 e. The summed E-state index contributed by atoms with van der Waals surface area (Å²) in [5.41, 5.74) is 0.322. The highest BCUT2D eigenvalue weighted by molar-refractivity contribution is 7.89. The first-order valence-electron chi connectivity index (χ1n) is 8.28. The van der Waals surface area contributed by atoms with Crippen LogP contribution in [0.15, 0.2) is 41.3 Å². The molecule has 1 N–H and O–H groups in total. The molecular formula is C18H19F3N2O4S. The highest BCUT2D eigenvalue weighted by Gasteiger charge is 2.30. The smallest absolute Gasteiger partial charge is 0.246 e. The van der Waals surface area contributed by atoms with Crippen LogP contribution in [0.25, 0.3) is 0 Å². The number of nitrogens with zero attached hydrogens (tertiary/aromatic N) is 1. The molecule has 0 aromatic heterocycles. The number of carbonyl (C=O) groups excluding carboxylic acids is 1. The second kappa shape index (κ2) is 9.07. The number of ether oxygens (including phenoxy) is 1. The van der Waals surface area contributed by atoms with Gasteiger partial charge in [0.15, 0.2) is 11.6 Å². The van der Waals surface area contributed by atoms with Gasteiger partial charge < -0.3 is 10.1 Å². The number of rotatable bonds is 8. The summed E-state index contributed by atoms with van der Waals surface area (Å²) in [7, 11) is -3.17. The summed E-state index contributed by atoms with van der Waals surface area (Å²) in [6.45, 7) is 0.884. The molecule has 0 unspecified atom stereocenters. The maximum atomic E-state index is 14.0. The fourth-order valence-electron chi connectivity index (χ4n) is 2.47. The number of sulfonamides is 1. The maximum absolute atomic E-state index is 14.0. The van der Waals surface area contributed by atoms with Gasteiger partial charge in [-0.1, -0.05) is 19.1 Å². The van der Waals surface area contributed by atoms with Gasteiger partial charge in [0.05, 0.1) is 19.3 Å². The van der Waals surface area contributed by atoms with Crippen LogP contribution in [-0.4, -0.2) is 38.8 Å². The second-order valence-corrected chi connectivity index (χ2v) is 7.69. The molecule has 0 saturated carbocycles. The number of amides is 1. The molecule has 0 fully saturated rings. The van der Waals surface area contributed by atoms with Gasteiger partial charge in [-0.25, -0.2) is 21.6 Å². The molecule has 0 aliphatic carbocycles. The third-order valence-electron chi connectivity index (χ3n) is 3.77. The van der Waals surface area contributed by atoms with Crippen LogP contribution in [-0.2, 0) is 14.8 Å². The fourth-order valence-corrected chi connectivity index (χ4v) is 4.02. The minimum Gasteiger partial charge on any atom is -0.495 e. The Kier molecular flexibility index (Phi) is 7.03. The first-order chi connectivity index (χ1) is 13.2. The number of carbonyl (C=O) groups is 1. The summed E-state index contributed by atoms with van der Waals surface area (Å²) in [6, 6.07) is 6.92. The number of para-hydroxylation sites is 2. The van der Waals surface area contributed by atoms with Crippen LogP contribution in [0.3, 0.4) is 0 Å². The number of hydrogen-bond acceptors (Lipinski definition) is 4. The topological polar surface area (TPSA) is 75.7 Å². The van der Waals surface area contributed by atoms with Crippen molar-refractivity contribution in [3.05, 3.63) is 53.8 Å². The van der Waals surface area contributed by atoms with Crippen LogP contribution in [0.2, 0.25) is 0 Å². The van der Waals surface area contributed by atoms with Crippen molar-refractivity contribution in [3.63, 3.8) is 0 Å². The van der Waals surface area contributed by atoms with Gasteiger partial charge in [0, 0.05) is 12.6 Å². The zero-order chi connectivity index (χ0) is 20.9. The van der Waals surface area contributed by atoms with Gasteiger partial charge in [-0.3, -0.25) is 4.79 Å². The van der Waals surface area contributed by atoms with E-state index < -0.39 is 44.8 Å². The van der Waals surface area contributed by atoms with E-state index >= 15 is 0 Å². The molecule has 0 bridgehead atoms. The zero-order valence-electron chi connectivity index (χ0n) is 15.2. The number of hydrogen-bond donors (Lipinski definition) is 1. The lowest BCUT2D eigenvalue weighted by atomic mass is 10.3. The van der Waals surface area contributed by atoms with Crippen molar-refractivity contribution in [2.75, 3.05) is 25.5 Å². The largest absolute Gasteiger partial charge is 0.495 e. The van der Waals surface area contributed by atoms with Crippen molar-refractivity contribution in [3.8, 4) is 5.75 Å². The third-order valence-corrected chi connectivity index (χ3v) is 5.63. The van der Waals surface area contributed by atoms with Crippen molar-refractivity contribution in [2.45, 2.75) is 18.2 Å². The van der Waals surface area contributed by atoms with Crippen LogP contribution in [0.4, 0.5) is 18.9 Å². The summed E-state index contributed by atoms with van der Waals surface area (Å²) >= 11 is 0. The SMILES string of the molecule is CCCN(CC(=O)Nc1ccccc1OC)S(=O)(=O)c1cc(F)c(F)cc1F. The Hall–Kier alpha value is -2.59. The zero-order valence-corrected chi connectivity index (χ0v) is 16.0. The van der Waals surface area contributed by atoms with E-state index in [2.05, 4.69) is 5.32 Å². The molecule has 10 heteroatoms. The molecule has 0 spiro atoms. The number of nitrogens with one attached hydrogen (secondary N) is 1. The van der Waals surface area contributed by atoms with Gasteiger partial charge in [0.1, 0.15) is 16.5 Å². The Labute approximate surface area is 161 Å². The summed E-state index contributed by atoms with van der Waals surface area (Å²) < 4.78 is 71.8. The molecular weight excluding hydrogens is 397 g/mol. The van der Waals surface area contributed by atoms with Crippen molar-refractivity contribution in [1.29, 1.82) is 0 Å². The molecule has 6 nitrogen and oxygen atoms in total. The summed E-state index contributed by atoms with van der Waals surface area (Å²) in [5.74, 6) is -4.79. The average Bonchev–Trinajstić information content (AvgIpc) is 2.64. The molecule has 0 aliphatic heterocycles. The predicted octanol–water partition coefficient (Wildman–Crippen LogP) is 3.15. The van der Waals surface area contributed by atoms with Crippen LogP contribution < -0.4 is 10.1 Å². The molecule has 2 aromatic rings. The number of methoxy groups -OCH3 is 1. The molecule has 0 aliphatic rings. The van der Waals surface area contributed by atoms with Gasteiger partial charge in [-0.15, -0.1) is 0 Å². The minimum atomic E-state index is -4.58. The Morgan fingerprint density at radius 1 is 1.11 bits per heavy atom. The lowest BCUT2D eigenvalue weighted by Gasteiger charge is -2.22. The standard InChI is InChI=1S/C18H19F3N2O4S/c1-3-8-23(11-18(24)22-15-6-4-5-7-16(15)27-2)28(25,26)17-10-13(20)12(19)9-14(17)21/h4-7,9-10H,3,8,11H2,1-2H3,(H,22,24). The van der Waals surface area contributed by atoms with Crippen LogP contribution in [0.1, 0.15) is 13.3 Å². The van der Waals surface area contributed by atoms with Gasteiger partial charge in [-0.05, 0) is 24.6 Å². The van der Waals surface area contributed by atoms with Crippen molar-refractivity contribution in [1.82, 2.24) is 4.31 Å². The van der Waals surface area contributed by atoms with Crippen LogP contribution in [0, 0.1) is 17.5 Å². The summed E-state index contributed by atoms with van der Waals surface area (Å²) in [6.07, 6.45) is 0.312. The molecule has 152 valence electrons. The van der Waals surface area contributed by atoms with Crippen LogP contribution in [0.5, 0.6) is 5.75 Å². The Morgan fingerprint density at radius 3 is 2.39 bits per heavy atom. The minimum absolute atomic E-state index is 0.125. The van der Waals surface area contributed by atoms with Gasteiger partial charge in [0.25, 0.3) is 0 Å². The monoisotopic (exact) mass is 416 g/mol. The van der Waals surface area contributed by atoms with E-state index in [1.807, 2.05) is 0 Å². The van der Waals surface area contributed by atoms with Gasteiger partial charge >= 0.3 is 0 Å². The van der Waals surface area contributed by atoms with Gasteiger partial charge in [0.2, 0.25) is 15.9 Å². The number of anilines is 1. The van der Waals surface area contributed by atoms with E-state index in [-0.39, 0.29) is 18.7 Å². The fraction of sp³-hybridized carbons (Fsp3) is 0.278. The molecule has 2 rings (SSSR count). The molecule has 0 heterocycles. The third kappa shape index (κ3) is 4.82. The lowest BCUT2D eigenvalue weighted by Crippen LogP contribution is -2.39. The molecule has 1 amide bonds. The molecule has 0 saturated heterocycles. The van der Waals surface area contributed by atoms with Crippen LogP contribution >= 0.6 is 0 Å². The van der Waals surface area contributed by atoms with E-state index in [1.165, 1.54) is 7.11 Å². The Bertz CT molecular complexity index is 967. The average molecular weight is 416 g/mol. The lowest BCUT2D eigenvalue weighted by molar-refractivity contribution is -0.116. The Morgan fingerprint density at radius 2 is 1.75 bits per heavy atom. The second-order valence-electron chi connectivity index (χ2n) is 5.78. The van der Waals surface area contributed by atoms with Crippen molar-refractivity contribution >= 4 is 21.6 Å². The van der Waals surface area contributed by atoms with E-state index in [1.54, 1.807) is 31.2 Å². The van der Waals surface area contributed by atoms with E-state index in [9.17, 15) is 26.4 Å². The number of benzene rings is 2. The molecule has 28 heavy (non-hydrogen) atoms. The van der Waals surface area contributed by atoms with E-state index in [4.69, 9.17) is 4.74 Å². The summed E-state index contributed by atoms with van der Waals surface area (Å²) in [5, 5.41) is 2.51. The molecule has 0 atom stereocenters. The van der Waals surface area contributed by atoms with Crippen molar-refractivity contribution in [2.24, 2.45) is 0 Å². The quantitative estimate of drug-likeness (QED) is 0.671.